The molecule has 146 valence electrons. The molecule has 0 saturated heterocycles. The highest BCUT2D eigenvalue weighted by atomic mass is 19.4. The molecule has 5 unspecified atom stereocenters. The maximum absolute atomic E-state index is 14.2. The van der Waals surface area contributed by atoms with Gasteiger partial charge in [0.2, 0.25) is 0 Å². The first-order valence-corrected chi connectivity index (χ1v) is 9.47. The number of alkyl halides is 3. The number of ether oxygens (including phenoxy) is 2. The highest BCUT2D eigenvalue weighted by Crippen LogP contribution is 2.52. The molecule has 0 heterocycles. The van der Waals surface area contributed by atoms with Crippen molar-refractivity contribution >= 4 is 0 Å². The topological polar surface area (TPSA) is 42.2 Å². The van der Waals surface area contributed by atoms with Gasteiger partial charge in [0, 0.05) is 12.5 Å². The van der Waals surface area contributed by atoms with Crippen molar-refractivity contribution in [3.05, 3.63) is 0 Å². The Morgan fingerprint density at radius 1 is 1.24 bits per heavy atom. The lowest BCUT2D eigenvalue weighted by atomic mass is 9.66. The van der Waals surface area contributed by atoms with Gasteiger partial charge in [-0.1, -0.05) is 33.1 Å². The Labute approximate surface area is 149 Å². The normalized spacial score (nSPS) is 28.2. The van der Waals surface area contributed by atoms with Gasteiger partial charge in [-0.15, -0.1) is 0 Å². The molecule has 0 N–H and O–H groups in total. The van der Waals surface area contributed by atoms with E-state index < -0.39 is 24.0 Å². The van der Waals surface area contributed by atoms with E-state index in [1.54, 1.807) is 13.8 Å². The lowest BCUT2D eigenvalue weighted by Gasteiger charge is -2.49. The van der Waals surface area contributed by atoms with Crippen LogP contribution in [0.1, 0.15) is 72.6 Å². The molecular weight excluding hydrogens is 331 g/mol. The quantitative estimate of drug-likeness (QED) is 0.483. The van der Waals surface area contributed by atoms with Crippen molar-refractivity contribution in [2.45, 2.75) is 90.7 Å². The summed E-state index contributed by atoms with van der Waals surface area (Å²) in [5.74, 6) is -1.07. The summed E-state index contributed by atoms with van der Waals surface area (Å²) in [5, 5.41) is 9.09. The van der Waals surface area contributed by atoms with Gasteiger partial charge in [-0.2, -0.15) is 18.4 Å². The molecule has 1 fully saturated rings. The zero-order valence-corrected chi connectivity index (χ0v) is 15.9. The third-order valence-corrected chi connectivity index (χ3v) is 5.30. The van der Waals surface area contributed by atoms with Crippen LogP contribution in [0.2, 0.25) is 0 Å². The highest BCUT2D eigenvalue weighted by Gasteiger charge is 2.63. The average molecular weight is 363 g/mol. The highest BCUT2D eigenvalue weighted by molar-refractivity contribution is 5.01. The summed E-state index contributed by atoms with van der Waals surface area (Å²) in [6.07, 6.45) is -1.80. The Balaban J connectivity index is 3.13. The Hall–Kier alpha value is -0.800. The van der Waals surface area contributed by atoms with Crippen molar-refractivity contribution in [1.29, 1.82) is 5.26 Å². The summed E-state index contributed by atoms with van der Waals surface area (Å²) in [5.41, 5.74) is -2.17. The van der Waals surface area contributed by atoms with Crippen LogP contribution in [0.25, 0.3) is 0 Å². The lowest BCUT2D eigenvalue weighted by molar-refractivity contribution is -0.350. The zero-order valence-electron chi connectivity index (χ0n) is 15.9. The molecule has 0 bridgehead atoms. The second kappa shape index (κ2) is 9.78. The van der Waals surface area contributed by atoms with Crippen LogP contribution >= 0.6 is 0 Å². The Morgan fingerprint density at radius 3 is 2.44 bits per heavy atom. The second-order valence-electron chi connectivity index (χ2n) is 7.23. The monoisotopic (exact) mass is 363 g/mol. The molecule has 6 heteroatoms. The van der Waals surface area contributed by atoms with Crippen LogP contribution in [0.4, 0.5) is 13.2 Å². The molecule has 1 aliphatic carbocycles. The minimum Gasteiger partial charge on any atom is -0.353 e. The molecule has 1 rings (SSSR count). The van der Waals surface area contributed by atoms with Gasteiger partial charge < -0.3 is 9.47 Å². The standard InChI is InChI=1S/C19H32F3NO2/c1-5-11-24-15(4)25-18(19(20,21)22)10-8-7-9-17(18)16(6-2)12-14(3)13-23/h14-17H,5-12H2,1-4H3. The van der Waals surface area contributed by atoms with Crippen molar-refractivity contribution in [2.75, 3.05) is 6.61 Å². The number of hydrogen-bond donors (Lipinski definition) is 0. The third kappa shape index (κ3) is 5.59. The third-order valence-electron chi connectivity index (χ3n) is 5.30. The summed E-state index contributed by atoms with van der Waals surface area (Å²) in [6, 6.07) is 2.16. The Morgan fingerprint density at radius 2 is 1.92 bits per heavy atom. The summed E-state index contributed by atoms with van der Waals surface area (Å²) < 4.78 is 53.6. The molecule has 5 atom stereocenters. The van der Waals surface area contributed by atoms with E-state index >= 15 is 0 Å². The maximum atomic E-state index is 14.2. The number of nitrogens with zero attached hydrogens (tertiary/aromatic N) is 1. The van der Waals surface area contributed by atoms with E-state index in [1.807, 2.05) is 13.8 Å². The van der Waals surface area contributed by atoms with Crippen LogP contribution < -0.4 is 0 Å². The molecule has 0 aliphatic heterocycles. The van der Waals surface area contributed by atoms with E-state index in [1.165, 1.54) is 0 Å². The van der Waals surface area contributed by atoms with Crippen molar-refractivity contribution in [3.63, 3.8) is 0 Å². The predicted molar refractivity (Wildman–Crippen MR) is 90.7 cm³/mol. The number of rotatable bonds is 9. The number of nitriles is 1. The number of hydrogen-bond acceptors (Lipinski definition) is 3. The van der Waals surface area contributed by atoms with Gasteiger partial charge in [-0.3, -0.25) is 0 Å². The first-order chi connectivity index (χ1) is 11.7. The first kappa shape index (κ1) is 22.2. The molecule has 0 amide bonds. The fourth-order valence-corrected chi connectivity index (χ4v) is 4.09. The van der Waals surface area contributed by atoms with Crippen LogP contribution in [0.15, 0.2) is 0 Å². The molecule has 0 spiro atoms. The predicted octanol–water partition coefficient (Wildman–Crippen LogP) is 5.84. The van der Waals surface area contributed by atoms with Gasteiger partial charge in [0.15, 0.2) is 11.9 Å². The molecule has 0 radical (unpaired) electrons. The lowest BCUT2D eigenvalue weighted by Crippen LogP contribution is -2.58. The fraction of sp³-hybridized carbons (Fsp3) is 0.947. The van der Waals surface area contributed by atoms with Gasteiger partial charge in [0.05, 0.1) is 6.07 Å². The van der Waals surface area contributed by atoms with Crippen LogP contribution in [-0.2, 0) is 9.47 Å². The van der Waals surface area contributed by atoms with E-state index in [9.17, 15) is 13.2 Å². The first-order valence-electron chi connectivity index (χ1n) is 9.47. The van der Waals surface area contributed by atoms with Crippen molar-refractivity contribution < 1.29 is 22.6 Å². The van der Waals surface area contributed by atoms with Gasteiger partial charge in [-0.25, -0.2) is 0 Å². The summed E-state index contributed by atoms with van der Waals surface area (Å²) in [7, 11) is 0. The van der Waals surface area contributed by atoms with E-state index in [4.69, 9.17) is 14.7 Å². The van der Waals surface area contributed by atoms with E-state index in [2.05, 4.69) is 6.07 Å². The second-order valence-corrected chi connectivity index (χ2v) is 7.23. The molecule has 0 aromatic rings. The summed E-state index contributed by atoms with van der Waals surface area (Å²) >= 11 is 0. The SMILES string of the molecule is CCCOC(C)OC1(C(F)(F)F)CCCCC1C(CC)CC(C)C#N. The van der Waals surface area contributed by atoms with Crippen LogP contribution in [0.5, 0.6) is 0 Å². The van der Waals surface area contributed by atoms with Crippen LogP contribution in [-0.4, -0.2) is 24.7 Å². The van der Waals surface area contributed by atoms with Gasteiger partial charge >= 0.3 is 6.18 Å². The van der Waals surface area contributed by atoms with Crippen LogP contribution in [0.3, 0.4) is 0 Å². The van der Waals surface area contributed by atoms with Gasteiger partial charge in [-0.05, 0) is 51.4 Å². The van der Waals surface area contributed by atoms with Gasteiger partial charge in [0.1, 0.15) is 0 Å². The molecule has 0 aromatic carbocycles. The number of halogens is 3. The Bertz CT molecular complexity index is 435. The molecule has 1 saturated carbocycles. The smallest absolute Gasteiger partial charge is 0.353 e. The molecular formula is C19H32F3NO2. The molecule has 3 nitrogen and oxygen atoms in total. The van der Waals surface area contributed by atoms with E-state index in [0.717, 1.165) is 12.8 Å². The fourth-order valence-electron chi connectivity index (χ4n) is 4.09. The van der Waals surface area contributed by atoms with Crippen molar-refractivity contribution in [2.24, 2.45) is 17.8 Å². The zero-order chi connectivity index (χ0) is 19.1. The minimum atomic E-state index is -4.45. The molecule has 1 aliphatic rings. The molecule has 25 heavy (non-hydrogen) atoms. The van der Waals surface area contributed by atoms with E-state index in [-0.39, 0.29) is 18.3 Å². The van der Waals surface area contributed by atoms with E-state index in [0.29, 0.717) is 32.3 Å². The van der Waals surface area contributed by atoms with Gasteiger partial charge in [0.25, 0.3) is 0 Å². The largest absolute Gasteiger partial charge is 0.417 e. The van der Waals surface area contributed by atoms with Crippen LogP contribution in [0, 0.1) is 29.1 Å². The average Bonchev–Trinajstić information content (AvgIpc) is 2.57. The van der Waals surface area contributed by atoms with Crippen molar-refractivity contribution in [1.82, 2.24) is 0 Å². The molecule has 0 aromatic heterocycles. The summed E-state index contributed by atoms with van der Waals surface area (Å²) in [6.45, 7) is 7.51. The minimum absolute atomic E-state index is 0.0293. The maximum Gasteiger partial charge on any atom is 0.417 e. The Kier molecular flexibility index (Phi) is 8.70. The summed E-state index contributed by atoms with van der Waals surface area (Å²) in [4.78, 5) is 0. The van der Waals surface area contributed by atoms with Crippen molar-refractivity contribution in [3.8, 4) is 6.07 Å².